The minimum absolute atomic E-state index is 0.172. The van der Waals surface area contributed by atoms with Crippen molar-refractivity contribution in [1.29, 1.82) is 0 Å². The maximum Gasteiger partial charge on any atom is 0.303 e. The highest BCUT2D eigenvalue weighted by Gasteiger charge is 2.23. The number of carboxylic acids is 1. The number of aliphatic imine (C=N–C) groups is 1. The summed E-state index contributed by atoms with van der Waals surface area (Å²) in [5.74, 6) is 0.152. The molecule has 1 aromatic heterocycles. The molecule has 0 aliphatic carbocycles. The van der Waals surface area contributed by atoms with E-state index in [2.05, 4.69) is 28.8 Å². The van der Waals surface area contributed by atoms with Gasteiger partial charge in [-0.1, -0.05) is 36.0 Å². The van der Waals surface area contributed by atoms with Crippen LogP contribution in [0.2, 0.25) is 0 Å². The maximum absolute atomic E-state index is 10.8. The summed E-state index contributed by atoms with van der Waals surface area (Å²) in [7, 11) is 0. The SMILES string of the molecule is C=C/C(=C\C=C\C)N1CC(=C/C)/C(=C\Cc2ccon2)N=C1CCCCC(=O)O. The van der Waals surface area contributed by atoms with Gasteiger partial charge in [0.25, 0.3) is 0 Å². The zero-order chi connectivity index (χ0) is 21.1. The Morgan fingerprint density at radius 1 is 1.38 bits per heavy atom. The lowest BCUT2D eigenvalue weighted by molar-refractivity contribution is -0.137. The van der Waals surface area contributed by atoms with E-state index in [0.717, 1.165) is 34.9 Å². The van der Waals surface area contributed by atoms with Crippen molar-refractivity contribution in [3.05, 3.63) is 78.0 Å². The van der Waals surface area contributed by atoms with Crippen LogP contribution in [-0.2, 0) is 11.2 Å². The fraction of sp³-hybridized carbons (Fsp3) is 0.348. The van der Waals surface area contributed by atoms with Gasteiger partial charge in [-0.2, -0.15) is 0 Å². The Morgan fingerprint density at radius 3 is 2.83 bits per heavy atom. The molecule has 2 rings (SSSR count). The van der Waals surface area contributed by atoms with Crippen molar-refractivity contribution in [2.45, 2.75) is 46.0 Å². The first-order valence-corrected chi connectivity index (χ1v) is 9.86. The van der Waals surface area contributed by atoms with E-state index in [1.54, 1.807) is 6.26 Å². The summed E-state index contributed by atoms with van der Waals surface area (Å²) >= 11 is 0. The van der Waals surface area contributed by atoms with Gasteiger partial charge in [0, 0.05) is 31.0 Å². The first kappa shape index (κ1) is 22.1. The van der Waals surface area contributed by atoms with E-state index in [4.69, 9.17) is 14.6 Å². The number of carbonyl (C=O) groups is 1. The van der Waals surface area contributed by atoms with Crippen LogP contribution in [0.4, 0.5) is 0 Å². The van der Waals surface area contributed by atoms with Gasteiger partial charge in [-0.25, -0.2) is 4.99 Å². The van der Waals surface area contributed by atoms with Crippen LogP contribution in [0.1, 0.15) is 45.2 Å². The van der Waals surface area contributed by atoms with Crippen molar-refractivity contribution in [2.24, 2.45) is 4.99 Å². The number of hydrogen-bond donors (Lipinski definition) is 1. The molecule has 0 saturated heterocycles. The van der Waals surface area contributed by atoms with E-state index in [0.29, 0.717) is 25.8 Å². The quantitative estimate of drug-likeness (QED) is 0.443. The Labute approximate surface area is 172 Å². The van der Waals surface area contributed by atoms with Crippen molar-refractivity contribution in [3.63, 3.8) is 0 Å². The Hall–Kier alpha value is -3.15. The monoisotopic (exact) mass is 395 g/mol. The number of rotatable bonds is 10. The molecule has 1 aliphatic rings. The van der Waals surface area contributed by atoms with Crippen LogP contribution in [0.3, 0.4) is 0 Å². The molecule has 0 fully saturated rings. The molecule has 0 radical (unpaired) electrons. The van der Waals surface area contributed by atoms with Crippen LogP contribution in [-0.4, -0.2) is 33.5 Å². The van der Waals surface area contributed by atoms with Crippen molar-refractivity contribution in [2.75, 3.05) is 6.54 Å². The molecule has 6 nitrogen and oxygen atoms in total. The van der Waals surface area contributed by atoms with Gasteiger partial charge in [0.2, 0.25) is 0 Å². The number of hydrogen-bond acceptors (Lipinski definition) is 5. The highest BCUT2D eigenvalue weighted by atomic mass is 16.5. The number of unbranched alkanes of at least 4 members (excludes halogenated alkanes) is 1. The van der Waals surface area contributed by atoms with E-state index in [1.807, 2.05) is 44.2 Å². The summed E-state index contributed by atoms with van der Waals surface area (Å²) in [4.78, 5) is 17.9. The Bertz CT molecular complexity index is 843. The molecule has 0 bridgehead atoms. The summed E-state index contributed by atoms with van der Waals surface area (Å²) in [6.45, 7) is 8.62. The Morgan fingerprint density at radius 2 is 2.21 bits per heavy atom. The van der Waals surface area contributed by atoms with Gasteiger partial charge in [-0.3, -0.25) is 4.79 Å². The molecule has 2 heterocycles. The minimum atomic E-state index is -0.767. The predicted molar refractivity (Wildman–Crippen MR) is 115 cm³/mol. The normalized spacial score (nSPS) is 17.9. The van der Waals surface area contributed by atoms with E-state index < -0.39 is 5.97 Å². The van der Waals surface area contributed by atoms with Crippen LogP contribution in [0.25, 0.3) is 0 Å². The summed E-state index contributed by atoms with van der Waals surface area (Å²) in [5, 5.41) is 12.8. The van der Waals surface area contributed by atoms with E-state index in [9.17, 15) is 4.79 Å². The van der Waals surface area contributed by atoms with Gasteiger partial charge < -0.3 is 14.5 Å². The average molecular weight is 396 g/mol. The van der Waals surface area contributed by atoms with Gasteiger partial charge in [0.15, 0.2) is 0 Å². The van der Waals surface area contributed by atoms with Crippen molar-refractivity contribution >= 4 is 11.8 Å². The van der Waals surface area contributed by atoms with Crippen LogP contribution < -0.4 is 0 Å². The number of aliphatic carboxylic acids is 1. The van der Waals surface area contributed by atoms with E-state index in [1.165, 1.54) is 0 Å². The van der Waals surface area contributed by atoms with Crippen LogP contribution in [0.5, 0.6) is 0 Å². The fourth-order valence-electron chi connectivity index (χ4n) is 3.03. The summed E-state index contributed by atoms with van der Waals surface area (Å²) in [6.07, 6.45) is 16.4. The van der Waals surface area contributed by atoms with Gasteiger partial charge in [-0.05, 0) is 44.4 Å². The smallest absolute Gasteiger partial charge is 0.303 e. The Balaban J connectivity index is 2.31. The van der Waals surface area contributed by atoms with E-state index >= 15 is 0 Å². The molecule has 0 atom stereocenters. The number of carboxylic acid groups (broad SMARTS) is 1. The third kappa shape index (κ3) is 6.75. The van der Waals surface area contributed by atoms with Crippen molar-refractivity contribution < 1.29 is 14.4 Å². The topological polar surface area (TPSA) is 78.9 Å². The number of aromatic nitrogens is 1. The van der Waals surface area contributed by atoms with Gasteiger partial charge in [-0.15, -0.1) is 0 Å². The molecular formula is C23H29N3O3. The fourth-order valence-corrected chi connectivity index (χ4v) is 3.03. The van der Waals surface area contributed by atoms with Crippen molar-refractivity contribution in [3.8, 4) is 0 Å². The minimum Gasteiger partial charge on any atom is -0.481 e. The van der Waals surface area contributed by atoms with Crippen LogP contribution in [0, 0.1) is 0 Å². The number of nitrogens with zero attached hydrogens (tertiary/aromatic N) is 3. The first-order valence-electron chi connectivity index (χ1n) is 9.86. The van der Waals surface area contributed by atoms with Crippen LogP contribution in [0.15, 0.2) is 81.8 Å². The molecule has 0 amide bonds. The molecule has 154 valence electrons. The third-order valence-corrected chi connectivity index (χ3v) is 4.58. The Kier molecular flexibility index (Phi) is 8.89. The second-order valence-electron chi connectivity index (χ2n) is 6.63. The van der Waals surface area contributed by atoms with Gasteiger partial charge >= 0.3 is 5.97 Å². The number of amidine groups is 1. The molecule has 1 N–H and O–H groups in total. The maximum atomic E-state index is 10.8. The standard InChI is InChI=1S/C23H29N3O3/c1-4-7-10-20(6-3)26-17-18(5-2)21(14-13-19-15-16-29-25-19)24-22(26)11-8-9-12-23(27)28/h4-7,10,14-16H,3,8-9,11-13,17H2,1-2H3,(H,27,28)/b7-4+,18-5-,20-10+,21-14+. The second kappa shape index (κ2) is 11.6. The molecule has 0 spiro atoms. The third-order valence-electron chi connectivity index (χ3n) is 4.58. The summed E-state index contributed by atoms with van der Waals surface area (Å²) in [5.41, 5.74) is 3.87. The highest BCUT2D eigenvalue weighted by Crippen LogP contribution is 2.26. The zero-order valence-corrected chi connectivity index (χ0v) is 17.2. The molecule has 0 aromatic carbocycles. The van der Waals surface area contributed by atoms with E-state index in [-0.39, 0.29) is 6.42 Å². The first-order chi connectivity index (χ1) is 14.1. The summed E-state index contributed by atoms with van der Waals surface area (Å²) < 4.78 is 4.90. The molecule has 0 unspecified atom stereocenters. The molecular weight excluding hydrogens is 366 g/mol. The second-order valence-corrected chi connectivity index (χ2v) is 6.63. The molecule has 0 saturated carbocycles. The molecule has 1 aromatic rings. The largest absolute Gasteiger partial charge is 0.481 e. The highest BCUT2D eigenvalue weighted by molar-refractivity contribution is 5.87. The number of allylic oxidation sites excluding steroid dienone is 6. The lowest BCUT2D eigenvalue weighted by Crippen LogP contribution is -2.35. The zero-order valence-electron chi connectivity index (χ0n) is 17.2. The molecule has 1 aliphatic heterocycles. The predicted octanol–water partition coefficient (Wildman–Crippen LogP) is 5.05. The summed E-state index contributed by atoms with van der Waals surface area (Å²) in [6, 6.07) is 1.84. The van der Waals surface area contributed by atoms with Gasteiger partial charge in [0.1, 0.15) is 12.1 Å². The molecule has 29 heavy (non-hydrogen) atoms. The van der Waals surface area contributed by atoms with Crippen molar-refractivity contribution in [1.82, 2.24) is 10.1 Å². The van der Waals surface area contributed by atoms with Gasteiger partial charge in [0.05, 0.1) is 17.9 Å². The lowest BCUT2D eigenvalue weighted by Gasteiger charge is -2.33. The molecule has 6 heteroatoms. The lowest BCUT2D eigenvalue weighted by atomic mass is 10.0. The van der Waals surface area contributed by atoms with Crippen LogP contribution >= 0.6 is 0 Å². The average Bonchev–Trinajstić information content (AvgIpc) is 3.24.